The van der Waals surface area contributed by atoms with Gasteiger partial charge in [-0.25, -0.2) is 0 Å². The third kappa shape index (κ3) is 3.54. The van der Waals surface area contributed by atoms with Gasteiger partial charge in [0.1, 0.15) is 0 Å². The summed E-state index contributed by atoms with van der Waals surface area (Å²) in [6.07, 6.45) is 2.12. The maximum absolute atomic E-state index is 10.6. The first-order valence-electron chi connectivity index (χ1n) is 5.16. The fraction of sp³-hybridized carbons (Fsp3) is 0.417. The van der Waals surface area contributed by atoms with E-state index in [2.05, 4.69) is 0 Å². The molecule has 1 aromatic carbocycles. The maximum atomic E-state index is 10.6. The number of benzene rings is 1. The number of hydrogen-bond donors (Lipinski definition) is 2. The van der Waals surface area contributed by atoms with Crippen LogP contribution in [0.3, 0.4) is 0 Å². The van der Waals surface area contributed by atoms with Crippen LogP contribution in [0, 0.1) is 5.92 Å². The van der Waals surface area contributed by atoms with E-state index in [9.17, 15) is 4.79 Å². The summed E-state index contributed by atoms with van der Waals surface area (Å²) in [5.74, 6) is -0.860. The monoisotopic (exact) mass is 239 g/mol. The van der Waals surface area contributed by atoms with Crippen molar-refractivity contribution in [1.82, 2.24) is 0 Å². The van der Waals surface area contributed by atoms with Gasteiger partial charge in [-0.2, -0.15) is 0 Å². The van der Waals surface area contributed by atoms with Crippen LogP contribution in [-0.2, 0) is 4.79 Å². The number of aliphatic carboxylic acids is 1. The van der Waals surface area contributed by atoms with E-state index in [1.807, 2.05) is 37.4 Å². The van der Waals surface area contributed by atoms with Crippen LogP contribution >= 0.6 is 11.8 Å². The van der Waals surface area contributed by atoms with Crippen LogP contribution < -0.4 is 5.73 Å². The predicted octanol–water partition coefficient (Wildman–Crippen LogP) is 2.52. The van der Waals surface area contributed by atoms with E-state index in [-0.39, 0.29) is 18.4 Å². The summed E-state index contributed by atoms with van der Waals surface area (Å²) < 4.78 is 0. The van der Waals surface area contributed by atoms with Gasteiger partial charge >= 0.3 is 5.97 Å². The molecule has 1 aromatic rings. The third-order valence-electron chi connectivity index (χ3n) is 2.61. The second-order valence-corrected chi connectivity index (χ2v) is 4.75. The summed E-state index contributed by atoms with van der Waals surface area (Å²) in [6, 6.07) is 7.73. The number of hydrogen-bond acceptors (Lipinski definition) is 3. The molecule has 0 aliphatic rings. The average Bonchev–Trinajstić information content (AvgIpc) is 2.27. The summed E-state index contributed by atoms with van der Waals surface area (Å²) in [4.78, 5) is 11.8. The normalized spacial score (nSPS) is 14.4. The molecule has 3 nitrogen and oxygen atoms in total. The molecule has 0 amide bonds. The van der Waals surface area contributed by atoms with Gasteiger partial charge in [0.15, 0.2) is 0 Å². The highest BCUT2D eigenvalue weighted by Crippen LogP contribution is 2.24. The standard InChI is InChI=1S/C12H17NO2S/c1-8(7-11(14)15)12(13)9-3-5-10(16-2)6-4-9/h3-6,8,12H,7,13H2,1-2H3,(H,14,15). The van der Waals surface area contributed by atoms with Gasteiger partial charge in [0.05, 0.1) is 0 Å². The SMILES string of the molecule is CSc1ccc(C(N)C(C)CC(=O)O)cc1. The minimum atomic E-state index is -0.802. The molecule has 3 N–H and O–H groups in total. The quantitative estimate of drug-likeness (QED) is 0.775. The van der Waals surface area contributed by atoms with Crippen molar-refractivity contribution in [2.75, 3.05) is 6.26 Å². The molecule has 2 unspecified atom stereocenters. The van der Waals surface area contributed by atoms with Gasteiger partial charge in [-0.1, -0.05) is 19.1 Å². The first kappa shape index (κ1) is 13.1. The lowest BCUT2D eigenvalue weighted by Crippen LogP contribution is -2.21. The lowest BCUT2D eigenvalue weighted by atomic mass is 9.93. The van der Waals surface area contributed by atoms with Crippen molar-refractivity contribution >= 4 is 17.7 Å². The van der Waals surface area contributed by atoms with Crippen LogP contribution in [0.1, 0.15) is 24.9 Å². The first-order chi connectivity index (χ1) is 7.54. The van der Waals surface area contributed by atoms with E-state index >= 15 is 0 Å². The zero-order valence-corrected chi connectivity index (χ0v) is 10.3. The van der Waals surface area contributed by atoms with Gasteiger partial charge in [-0.05, 0) is 29.9 Å². The van der Waals surface area contributed by atoms with Crippen LogP contribution in [0.15, 0.2) is 29.2 Å². The van der Waals surface area contributed by atoms with E-state index in [4.69, 9.17) is 10.8 Å². The fourth-order valence-electron chi connectivity index (χ4n) is 1.56. The number of carboxylic acids is 1. The molecule has 16 heavy (non-hydrogen) atoms. The van der Waals surface area contributed by atoms with Crippen molar-refractivity contribution in [2.24, 2.45) is 11.7 Å². The Kier molecular flexibility index (Phi) is 4.83. The molecule has 0 aromatic heterocycles. The molecular formula is C12H17NO2S. The number of carbonyl (C=O) groups is 1. The van der Waals surface area contributed by atoms with E-state index in [1.54, 1.807) is 11.8 Å². The van der Waals surface area contributed by atoms with Crippen molar-refractivity contribution in [3.8, 4) is 0 Å². The zero-order valence-electron chi connectivity index (χ0n) is 9.51. The molecule has 88 valence electrons. The van der Waals surface area contributed by atoms with Crippen LogP contribution in [0.2, 0.25) is 0 Å². The number of rotatable bonds is 5. The van der Waals surface area contributed by atoms with Crippen molar-refractivity contribution in [1.29, 1.82) is 0 Å². The summed E-state index contributed by atoms with van der Waals surface area (Å²) >= 11 is 1.67. The Labute approximate surface area is 100 Å². The smallest absolute Gasteiger partial charge is 0.303 e. The molecule has 1 rings (SSSR count). The number of carboxylic acid groups (broad SMARTS) is 1. The summed E-state index contributed by atoms with van der Waals surface area (Å²) in [5.41, 5.74) is 7.00. The van der Waals surface area contributed by atoms with E-state index in [0.29, 0.717) is 0 Å². The van der Waals surface area contributed by atoms with Crippen molar-refractivity contribution in [3.63, 3.8) is 0 Å². The molecule has 0 radical (unpaired) electrons. The Balaban J connectivity index is 2.71. The van der Waals surface area contributed by atoms with Gasteiger partial charge in [0, 0.05) is 17.4 Å². The van der Waals surface area contributed by atoms with E-state index in [1.165, 1.54) is 4.90 Å². The lowest BCUT2D eigenvalue weighted by molar-refractivity contribution is -0.138. The third-order valence-corrected chi connectivity index (χ3v) is 3.35. The second-order valence-electron chi connectivity index (χ2n) is 3.87. The van der Waals surface area contributed by atoms with Gasteiger partial charge in [-0.15, -0.1) is 11.8 Å². The molecule has 0 saturated carbocycles. The molecule has 0 fully saturated rings. The van der Waals surface area contributed by atoms with Crippen LogP contribution in [0.4, 0.5) is 0 Å². The molecule has 2 atom stereocenters. The van der Waals surface area contributed by atoms with E-state index in [0.717, 1.165) is 5.56 Å². The maximum Gasteiger partial charge on any atom is 0.303 e. The molecule has 0 aliphatic heterocycles. The van der Waals surface area contributed by atoms with Gasteiger partial charge < -0.3 is 10.8 Å². The molecule has 4 heteroatoms. The van der Waals surface area contributed by atoms with Crippen molar-refractivity contribution in [3.05, 3.63) is 29.8 Å². The minimum absolute atomic E-state index is 0.0578. The topological polar surface area (TPSA) is 63.3 Å². The Morgan fingerprint density at radius 1 is 1.44 bits per heavy atom. The molecular weight excluding hydrogens is 222 g/mol. The highest BCUT2D eigenvalue weighted by molar-refractivity contribution is 7.98. The summed E-state index contributed by atoms with van der Waals surface area (Å²) in [5, 5.41) is 8.70. The largest absolute Gasteiger partial charge is 0.481 e. The van der Waals surface area contributed by atoms with Gasteiger partial charge in [0.25, 0.3) is 0 Å². The lowest BCUT2D eigenvalue weighted by Gasteiger charge is -2.18. The Morgan fingerprint density at radius 2 is 2.00 bits per heavy atom. The Bertz CT molecular complexity index is 351. The van der Waals surface area contributed by atoms with Crippen LogP contribution in [0.25, 0.3) is 0 Å². The van der Waals surface area contributed by atoms with Crippen molar-refractivity contribution < 1.29 is 9.90 Å². The van der Waals surface area contributed by atoms with Crippen LogP contribution in [-0.4, -0.2) is 17.3 Å². The second kappa shape index (κ2) is 5.92. The summed E-state index contributed by atoms with van der Waals surface area (Å²) in [6.45, 7) is 1.86. The van der Waals surface area contributed by atoms with Crippen LogP contribution in [0.5, 0.6) is 0 Å². The van der Waals surface area contributed by atoms with E-state index < -0.39 is 5.97 Å². The zero-order chi connectivity index (χ0) is 12.1. The summed E-state index contributed by atoms with van der Waals surface area (Å²) in [7, 11) is 0. The number of nitrogens with two attached hydrogens (primary N) is 1. The predicted molar refractivity (Wildman–Crippen MR) is 66.6 cm³/mol. The first-order valence-corrected chi connectivity index (χ1v) is 6.38. The van der Waals surface area contributed by atoms with Gasteiger partial charge in [-0.3, -0.25) is 4.79 Å². The molecule has 0 aliphatic carbocycles. The Morgan fingerprint density at radius 3 is 2.44 bits per heavy atom. The molecule has 0 heterocycles. The average molecular weight is 239 g/mol. The molecule has 0 saturated heterocycles. The molecule has 0 bridgehead atoms. The number of thioether (sulfide) groups is 1. The minimum Gasteiger partial charge on any atom is -0.481 e. The highest BCUT2D eigenvalue weighted by atomic mass is 32.2. The molecule has 0 spiro atoms. The Hall–Kier alpha value is -1.00. The fourth-order valence-corrected chi connectivity index (χ4v) is 1.97. The van der Waals surface area contributed by atoms with Crippen molar-refractivity contribution in [2.45, 2.75) is 24.3 Å². The highest BCUT2D eigenvalue weighted by Gasteiger charge is 2.17. The van der Waals surface area contributed by atoms with Gasteiger partial charge in [0.2, 0.25) is 0 Å².